The molecule has 0 bridgehead atoms. The highest BCUT2D eigenvalue weighted by atomic mass is 16.5. The third-order valence-corrected chi connectivity index (χ3v) is 6.20. The third kappa shape index (κ3) is 2.44. The van der Waals surface area contributed by atoms with Crippen LogP contribution in [0.15, 0.2) is 48.5 Å². The Kier molecular flexibility index (Phi) is 3.91. The van der Waals surface area contributed by atoms with Crippen molar-refractivity contribution < 1.29 is 19.1 Å². The highest BCUT2D eigenvalue weighted by Crippen LogP contribution is 2.45. The molecular formula is C22H22N2O4. The second-order valence-electron chi connectivity index (χ2n) is 7.52. The maximum Gasteiger partial charge on any atom is 0.254 e. The second kappa shape index (κ2) is 6.34. The molecule has 144 valence electrons. The first-order valence-electron chi connectivity index (χ1n) is 9.62. The van der Waals surface area contributed by atoms with Crippen LogP contribution in [0.2, 0.25) is 0 Å². The molecule has 2 atom stereocenters. The Hall–Kier alpha value is -2.86. The highest BCUT2D eigenvalue weighted by molar-refractivity contribution is 5.96. The van der Waals surface area contributed by atoms with E-state index in [9.17, 15) is 9.59 Å². The zero-order chi connectivity index (χ0) is 19.3. The topological polar surface area (TPSA) is 59.1 Å². The van der Waals surface area contributed by atoms with Crippen molar-refractivity contribution in [2.24, 2.45) is 0 Å². The van der Waals surface area contributed by atoms with E-state index < -0.39 is 5.72 Å². The van der Waals surface area contributed by atoms with Crippen molar-refractivity contribution in [3.8, 4) is 16.9 Å². The molecule has 6 nitrogen and oxygen atoms in total. The first-order chi connectivity index (χ1) is 13.6. The zero-order valence-electron chi connectivity index (χ0n) is 15.8. The number of methoxy groups -OCH3 is 1. The largest absolute Gasteiger partial charge is 0.497 e. The number of benzene rings is 2. The summed E-state index contributed by atoms with van der Waals surface area (Å²) in [5, 5.41) is 0. The molecule has 0 aliphatic carbocycles. The molecular weight excluding hydrogens is 356 g/mol. The standard InChI is InChI=1S/C22H22N2O4/c1-27-18-4-2-3-17(13-18)15-5-7-16(8-6-15)21(26)23-10-9-22-19(23)14-20(25)24(22)11-12-28-22/h2-8,13,19H,9-12,14H2,1H3/t19-,22+/m1/s1. The number of nitrogens with zero attached hydrogens (tertiary/aromatic N) is 2. The van der Waals surface area contributed by atoms with Crippen molar-refractivity contribution in [3.63, 3.8) is 0 Å². The number of ether oxygens (including phenoxy) is 2. The van der Waals surface area contributed by atoms with Crippen LogP contribution in [0.5, 0.6) is 5.75 Å². The Balaban J connectivity index is 1.38. The van der Waals surface area contributed by atoms with E-state index in [-0.39, 0.29) is 17.9 Å². The first kappa shape index (κ1) is 17.3. The molecule has 0 aromatic heterocycles. The molecule has 0 radical (unpaired) electrons. The molecule has 2 amide bonds. The summed E-state index contributed by atoms with van der Waals surface area (Å²) in [7, 11) is 1.65. The minimum Gasteiger partial charge on any atom is -0.497 e. The van der Waals surface area contributed by atoms with E-state index in [0.29, 0.717) is 38.1 Å². The van der Waals surface area contributed by atoms with E-state index in [2.05, 4.69) is 0 Å². The molecule has 2 aromatic carbocycles. The van der Waals surface area contributed by atoms with Crippen LogP contribution in [0.4, 0.5) is 0 Å². The smallest absolute Gasteiger partial charge is 0.254 e. The predicted octanol–water partition coefficient (Wildman–Crippen LogP) is 2.54. The average molecular weight is 378 g/mol. The van der Waals surface area contributed by atoms with Crippen molar-refractivity contribution in [1.82, 2.24) is 9.80 Å². The fourth-order valence-electron chi connectivity index (χ4n) is 4.81. The van der Waals surface area contributed by atoms with Crippen LogP contribution in [0, 0.1) is 0 Å². The summed E-state index contributed by atoms with van der Waals surface area (Å²) < 4.78 is 11.3. The van der Waals surface area contributed by atoms with Crippen LogP contribution in [0.3, 0.4) is 0 Å². The predicted molar refractivity (Wildman–Crippen MR) is 103 cm³/mol. The maximum atomic E-state index is 13.2. The van der Waals surface area contributed by atoms with E-state index in [0.717, 1.165) is 16.9 Å². The molecule has 28 heavy (non-hydrogen) atoms. The van der Waals surface area contributed by atoms with Gasteiger partial charge in [-0.25, -0.2) is 0 Å². The van der Waals surface area contributed by atoms with Crippen molar-refractivity contribution in [2.75, 3.05) is 26.8 Å². The van der Waals surface area contributed by atoms with E-state index in [1.807, 2.05) is 58.3 Å². The van der Waals surface area contributed by atoms with Gasteiger partial charge in [0.05, 0.1) is 26.2 Å². The summed E-state index contributed by atoms with van der Waals surface area (Å²) >= 11 is 0. The van der Waals surface area contributed by atoms with E-state index in [1.54, 1.807) is 7.11 Å². The van der Waals surface area contributed by atoms with Crippen molar-refractivity contribution in [2.45, 2.75) is 24.6 Å². The Morgan fingerprint density at radius 1 is 1.14 bits per heavy atom. The molecule has 3 aliphatic rings. The second-order valence-corrected chi connectivity index (χ2v) is 7.52. The SMILES string of the molecule is COc1cccc(-c2ccc(C(=O)N3CC[C@@]45OCCN4C(=O)C[C@@H]35)cc2)c1. The van der Waals surface area contributed by atoms with Gasteiger partial charge in [0.25, 0.3) is 5.91 Å². The molecule has 0 N–H and O–H groups in total. The fraction of sp³-hybridized carbons (Fsp3) is 0.364. The molecule has 6 heteroatoms. The van der Waals surface area contributed by atoms with Gasteiger partial charge in [0.15, 0.2) is 5.72 Å². The van der Waals surface area contributed by atoms with Gasteiger partial charge in [-0.1, -0.05) is 24.3 Å². The van der Waals surface area contributed by atoms with E-state index in [1.165, 1.54) is 0 Å². The van der Waals surface area contributed by atoms with Crippen molar-refractivity contribution in [1.29, 1.82) is 0 Å². The van der Waals surface area contributed by atoms with Crippen LogP contribution in [0.25, 0.3) is 11.1 Å². The summed E-state index contributed by atoms with van der Waals surface area (Å²) in [6.45, 7) is 1.80. The zero-order valence-corrected chi connectivity index (χ0v) is 15.8. The lowest BCUT2D eigenvalue weighted by atomic mass is 10.0. The number of carbonyl (C=O) groups is 2. The average Bonchev–Trinajstić information content (AvgIpc) is 3.38. The summed E-state index contributed by atoms with van der Waals surface area (Å²) in [6, 6.07) is 15.3. The van der Waals surface area contributed by atoms with Gasteiger partial charge in [-0.2, -0.15) is 0 Å². The number of hydrogen-bond acceptors (Lipinski definition) is 4. The van der Waals surface area contributed by atoms with Gasteiger partial charge in [0.2, 0.25) is 5.91 Å². The number of rotatable bonds is 3. The van der Waals surface area contributed by atoms with Gasteiger partial charge in [0, 0.05) is 25.1 Å². The van der Waals surface area contributed by atoms with Crippen LogP contribution in [-0.2, 0) is 9.53 Å². The Morgan fingerprint density at radius 3 is 2.75 bits per heavy atom. The van der Waals surface area contributed by atoms with Crippen LogP contribution < -0.4 is 4.74 Å². The Labute approximate surface area is 163 Å². The lowest BCUT2D eigenvalue weighted by molar-refractivity contribution is -0.136. The van der Waals surface area contributed by atoms with Gasteiger partial charge < -0.3 is 19.3 Å². The summed E-state index contributed by atoms with van der Waals surface area (Å²) in [5.74, 6) is 0.852. The number of hydrogen-bond donors (Lipinski definition) is 0. The Morgan fingerprint density at radius 2 is 1.96 bits per heavy atom. The van der Waals surface area contributed by atoms with E-state index >= 15 is 0 Å². The number of carbonyl (C=O) groups excluding carboxylic acids is 2. The lowest BCUT2D eigenvalue weighted by Gasteiger charge is -2.31. The summed E-state index contributed by atoms with van der Waals surface area (Å²) in [4.78, 5) is 29.1. The monoisotopic (exact) mass is 378 g/mol. The minimum atomic E-state index is -0.590. The summed E-state index contributed by atoms with van der Waals surface area (Å²) in [6.07, 6.45) is 1.05. The van der Waals surface area contributed by atoms with Gasteiger partial charge in [-0.05, 0) is 35.4 Å². The molecule has 1 spiro atoms. The molecule has 0 saturated carbocycles. The third-order valence-electron chi connectivity index (χ3n) is 6.20. The molecule has 3 heterocycles. The molecule has 3 aliphatic heterocycles. The Bertz CT molecular complexity index is 942. The fourth-order valence-corrected chi connectivity index (χ4v) is 4.81. The normalized spacial score (nSPS) is 25.8. The molecule has 2 aromatic rings. The van der Waals surface area contributed by atoms with Gasteiger partial charge in [0.1, 0.15) is 5.75 Å². The first-order valence-corrected chi connectivity index (χ1v) is 9.62. The highest BCUT2D eigenvalue weighted by Gasteiger charge is 2.62. The minimum absolute atomic E-state index is 0.0378. The van der Waals surface area contributed by atoms with Crippen molar-refractivity contribution >= 4 is 11.8 Å². The quantitative estimate of drug-likeness (QED) is 0.824. The maximum absolute atomic E-state index is 13.2. The molecule has 3 saturated heterocycles. The molecule has 3 fully saturated rings. The number of amides is 2. The summed E-state index contributed by atoms with van der Waals surface area (Å²) in [5.41, 5.74) is 2.10. The molecule has 0 unspecified atom stereocenters. The van der Waals surface area contributed by atoms with Crippen LogP contribution in [0.1, 0.15) is 23.2 Å². The van der Waals surface area contributed by atoms with Gasteiger partial charge in [-0.15, -0.1) is 0 Å². The van der Waals surface area contributed by atoms with E-state index in [4.69, 9.17) is 9.47 Å². The number of likely N-dealkylation sites (tertiary alicyclic amines) is 1. The molecule has 5 rings (SSSR count). The van der Waals surface area contributed by atoms with Crippen LogP contribution >= 0.6 is 0 Å². The van der Waals surface area contributed by atoms with Gasteiger partial charge in [-0.3, -0.25) is 9.59 Å². The lowest BCUT2D eigenvalue weighted by Crippen LogP contribution is -2.48. The van der Waals surface area contributed by atoms with Crippen LogP contribution in [-0.4, -0.2) is 60.2 Å². The van der Waals surface area contributed by atoms with Crippen molar-refractivity contribution in [3.05, 3.63) is 54.1 Å². The van der Waals surface area contributed by atoms with Gasteiger partial charge >= 0.3 is 0 Å².